The minimum absolute atomic E-state index is 0.0585. The molecule has 0 bridgehead atoms. The molecule has 0 aliphatic carbocycles. The van der Waals surface area contributed by atoms with Crippen LogP contribution in [0.5, 0.6) is 0 Å². The van der Waals surface area contributed by atoms with Crippen LogP contribution in [0, 0.1) is 0 Å². The summed E-state index contributed by atoms with van der Waals surface area (Å²) in [5.74, 6) is 0.0585. The average molecular weight is 312 g/mol. The lowest BCUT2D eigenvalue weighted by molar-refractivity contribution is 0.0521. The van der Waals surface area contributed by atoms with Crippen LogP contribution in [-0.4, -0.2) is 75.7 Å². The van der Waals surface area contributed by atoms with Gasteiger partial charge in [0.15, 0.2) is 0 Å². The number of hydrogen-bond donors (Lipinski definition) is 1. The molecular weight excluding hydrogens is 288 g/mol. The molecule has 1 aliphatic rings. The largest absolute Gasteiger partial charge is 0.392 e. The molecule has 1 saturated heterocycles. The summed E-state index contributed by atoms with van der Waals surface area (Å²) in [6, 6.07) is 0. The number of carbonyl (C=O) groups excluding carboxylic acids is 1. The van der Waals surface area contributed by atoms with Crippen molar-refractivity contribution in [3.63, 3.8) is 0 Å². The van der Waals surface area contributed by atoms with Crippen molar-refractivity contribution in [2.24, 2.45) is 7.05 Å². The van der Waals surface area contributed by atoms with E-state index in [4.69, 9.17) is 0 Å². The van der Waals surface area contributed by atoms with E-state index in [1.54, 1.807) is 10.9 Å². The number of aliphatic hydroxyl groups excluding tert-OH is 1. The number of aliphatic hydroxyl groups is 1. The second kappa shape index (κ2) is 7.29. The van der Waals surface area contributed by atoms with Crippen molar-refractivity contribution in [2.45, 2.75) is 24.5 Å². The van der Waals surface area contributed by atoms with Gasteiger partial charge in [0.25, 0.3) is 5.91 Å². The van der Waals surface area contributed by atoms with E-state index in [0.717, 1.165) is 24.5 Å². The SMILES string of the molecule is CCC(O)CN1CCN(C(=O)c2cn(C)nc2SC)CC1. The number of thioether (sulfide) groups is 1. The number of hydrogen-bond acceptors (Lipinski definition) is 5. The Hall–Kier alpha value is -1.05. The summed E-state index contributed by atoms with van der Waals surface area (Å²) in [7, 11) is 1.83. The van der Waals surface area contributed by atoms with Crippen LogP contribution in [-0.2, 0) is 7.05 Å². The third-order valence-corrected chi connectivity index (χ3v) is 4.51. The predicted molar refractivity (Wildman–Crippen MR) is 83.6 cm³/mol. The summed E-state index contributed by atoms with van der Waals surface area (Å²) < 4.78 is 1.69. The van der Waals surface area contributed by atoms with Crippen molar-refractivity contribution in [1.82, 2.24) is 19.6 Å². The smallest absolute Gasteiger partial charge is 0.258 e. The van der Waals surface area contributed by atoms with Gasteiger partial charge in [0.05, 0.1) is 11.7 Å². The highest BCUT2D eigenvalue weighted by atomic mass is 32.2. The van der Waals surface area contributed by atoms with Gasteiger partial charge in [-0.1, -0.05) is 6.92 Å². The van der Waals surface area contributed by atoms with Crippen molar-refractivity contribution in [2.75, 3.05) is 39.0 Å². The minimum atomic E-state index is -0.270. The first-order valence-corrected chi connectivity index (χ1v) is 8.55. The minimum Gasteiger partial charge on any atom is -0.392 e. The van der Waals surface area contributed by atoms with Crippen LogP contribution in [0.3, 0.4) is 0 Å². The van der Waals surface area contributed by atoms with Gasteiger partial charge in [-0.3, -0.25) is 14.4 Å². The highest BCUT2D eigenvalue weighted by Crippen LogP contribution is 2.20. The first-order chi connectivity index (χ1) is 10.0. The monoisotopic (exact) mass is 312 g/mol. The van der Waals surface area contributed by atoms with E-state index in [9.17, 15) is 9.90 Å². The maximum Gasteiger partial charge on any atom is 0.258 e. The molecule has 6 nitrogen and oxygen atoms in total. The number of β-amino-alcohol motifs (C(OH)–C–C–N with tert-alkyl or cyclic N) is 1. The van der Waals surface area contributed by atoms with Gasteiger partial charge in [-0.25, -0.2) is 0 Å². The van der Waals surface area contributed by atoms with Gasteiger partial charge in [0.2, 0.25) is 0 Å². The van der Waals surface area contributed by atoms with E-state index in [0.29, 0.717) is 25.2 Å². The summed E-state index contributed by atoms with van der Waals surface area (Å²) in [6.45, 7) is 5.73. The molecule has 0 aromatic carbocycles. The first-order valence-electron chi connectivity index (χ1n) is 7.32. The van der Waals surface area contributed by atoms with Gasteiger partial charge in [-0.05, 0) is 12.7 Å². The standard InChI is InChI=1S/C14H24N4O2S/c1-4-11(19)9-17-5-7-18(8-6-17)14(20)12-10-16(2)15-13(12)21-3/h10-11,19H,4-9H2,1-3H3. The summed E-state index contributed by atoms with van der Waals surface area (Å²) in [4.78, 5) is 16.7. The molecule has 2 heterocycles. The second-order valence-corrected chi connectivity index (χ2v) is 6.18. The number of aromatic nitrogens is 2. The summed E-state index contributed by atoms with van der Waals surface area (Å²) in [6.07, 6.45) is 4.23. The van der Waals surface area contributed by atoms with Gasteiger partial charge >= 0.3 is 0 Å². The van der Waals surface area contributed by atoms with E-state index in [-0.39, 0.29) is 12.0 Å². The van der Waals surface area contributed by atoms with Crippen molar-refractivity contribution in [3.8, 4) is 0 Å². The topological polar surface area (TPSA) is 61.6 Å². The Morgan fingerprint density at radius 2 is 2.10 bits per heavy atom. The lowest BCUT2D eigenvalue weighted by Gasteiger charge is -2.35. The third-order valence-electron chi connectivity index (χ3n) is 3.82. The van der Waals surface area contributed by atoms with Crippen molar-refractivity contribution >= 4 is 17.7 Å². The van der Waals surface area contributed by atoms with E-state index in [1.807, 2.05) is 25.1 Å². The van der Waals surface area contributed by atoms with Gasteiger partial charge in [0, 0.05) is 46.0 Å². The maximum atomic E-state index is 12.6. The number of aryl methyl sites for hydroxylation is 1. The Morgan fingerprint density at radius 1 is 1.43 bits per heavy atom. The molecule has 1 N–H and O–H groups in total. The summed E-state index contributed by atoms with van der Waals surface area (Å²) in [5.41, 5.74) is 0.687. The number of nitrogens with zero attached hydrogens (tertiary/aromatic N) is 4. The zero-order valence-electron chi connectivity index (χ0n) is 12.9. The normalized spacial score (nSPS) is 18.0. The number of amides is 1. The number of rotatable bonds is 5. The Bertz CT molecular complexity index is 483. The van der Waals surface area contributed by atoms with Crippen LogP contribution in [0.15, 0.2) is 11.2 Å². The van der Waals surface area contributed by atoms with Gasteiger partial charge in [0.1, 0.15) is 5.03 Å². The molecule has 1 fully saturated rings. The highest BCUT2D eigenvalue weighted by Gasteiger charge is 2.25. The number of carbonyl (C=O) groups is 1. The lowest BCUT2D eigenvalue weighted by Crippen LogP contribution is -2.50. The molecule has 1 aliphatic heterocycles. The van der Waals surface area contributed by atoms with E-state index in [2.05, 4.69) is 10.00 Å². The Kier molecular flexibility index (Phi) is 5.66. The molecular formula is C14H24N4O2S. The maximum absolute atomic E-state index is 12.6. The summed E-state index contributed by atoms with van der Waals surface area (Å²) >= 11 is 1.50. The quantitative estimate of drug-likeness (QED) is 0.810. The Balaban J connectivity index is 1.94. The van der Waals surface area contributed by atoms with E-state index >= 15 is 0 Å². The number of piperazine rings is 1. The molecule has 1 aromatic heterocycles. The van der Waals surface area contributed by atoms with Crippen LogP contribution in [0.4, 0.5) is 0 Å². The Labute approximate surface area is 130 Å². The molecule has 118 valence electrons. The molecule has 1 atom stereocenters. The van der Waals surface area contributed by atoms with Crippen LogP contribution < -0.4 is 0 Å². The molecule has 2 rings (SSSR count). The van der Waals surface area contributed by atoms with Crippen LogP contribution in [0.2, 0.25) is 0 Å². The van der Waals surface area contributed by atoms with Crippen molar-refractivity contribution in [3.05, 3.63) is 11.8 Å². The molecule has 0 spiro atoms. The molecule has 1 amide bonds. The zero-order chi connectivity index (χ0) is 15.4. The van der Waals surface area contributed by atoms with Gasteiger partial charge in [-0.2, -0.15) is 5.10 Å². The Morgan fingerprint density at radius 3 is 2.67 bits per heavy atom. The van der Waals surface area contributed by atoms with Crippen molar-refractivity contribution in [1.29, 1.82) is 0 Å². The highest BCUT2D eigenvalue weighted by molar-refractivity contribution is 7.98. The van der Waals surface area contributed by atoms with Gasteiger partial charge in [-0.15, -0.1) is 11.8 Å². The molecule has 7 heteroatoms. The lowest BCUT2D eigenvalue weighted by atomic mass is 10.2. The van der Waals surface area contributed by atoms with Crippen LogP contribution >= 0.6 is 11.8 Å². The first kappa shape index (κ1) is 16.3. The fourth-order valence-electron chi connectivity index (χ4n) is 2.50. The molecule has 0 saturated carbocycles. The molecule has 1 unspecified atom stereocenters. The third kappa shape index (κ3) is 3.99. The van der Waals surface area contributed by atoms with Crippen LogP contribution in [0.1, 0.15) is 23.7 Å². The second-order valence-electron chi connectivity index (χ2n) is 5.38. The fourth-order valence-corrected chi connectivity index (χ4v) is 3.07. The van der Waals surface area contributed by atoms with Crippen molar-refractivity contribution < 1.29 is 9.90 Å². The average Bonchev–Trinajstić information content (AvgIpc) is 2.88. The van der Waals surface area contributed by atoms with Gasteiger partial charge < -0.3 is 10.0 Å². The molecule has 1 aromatic rings. The molecule has 0 radical (unpaired) electrons. The fraction of sp³-hybridized carbons (Fsp3) is 0.714. The van der Waals surface area contributed by atoms with E-state index < -0.39 is 0 Å². The molecule has 21 heavy (non-hydrogen) atoms. The van der Waals surface area contributed by atoms with E-state index in [1.165, 1.54) is 11.8 Å². The predicted octanol–water partition coefficient (Wildman–Crippen LogP) is 0.671. The van der Waals surface area contributed by atoms with Crippen LogP contribution in [0.25, 0.3) is 0 Å². The summed E-state index contributed by atoms with van der Waals surface area (Å²) in [5, 5.41) is 14.8. The zero-order valence-corrected chi connectivity index (χ0v) is 13.8.